The van der Waals surface area contributed by atoms with E-state index in [9.17, 15) is 9.59 Å². The van der Waals surface area contributed by atoms with Gasteiger partial charge >= 0.3 is 0 Å². The van der Waals surface area contributed by atoms with Crippen molar-refractivity contribution in [3.63, 3.8) is 0 Å². The lowest BCUT2D eigenvalue weighted by Crippen LogP contribution is -2.45. The van der Waals surface area contributed by atoms with E-state index in [-0.39, 0.29) is 17.7 Å². The smallest absolute Gasteiger partial charge is 0.265 e. The molecule has 1 aliphatic rings. The summed E-state index contributed by atoms with van der Waals surface area (Å²) in [5, 5.41) is 3.89. The summed E-state index contributed by atoms with van der Waals surface area (Å²) in [7, 11) is 0. The van der Waals surface area contributed by atoms with Crippen LogP contribution in [0.4, 0.5) is 0 Å². The number of aryl methyl sites for hydroxylation is 1. The van der Waals surface area contributed by atoms with Crippen LogP contribution >= 0.6 is 11.3 Å². The maximum absolute atomic E-state index is 13.2. The average Bonchev–Trinajstić information content (AvgIpc) is 3.23. The number of carbonyl (C=O) groups is 2. The minimum atomic E-state index is -0.137. The summed E-state index contributed by atoms with van der Waals surface area (Å²) in [6, 6.07) is 3.81. The van der Waals surface area contributed by atoms with Gasteiger partial charge < -0.3 is 15.1 Å². The average molecular weight is 458 g/mol. The fourth-order valence-electron chi connectivity index (χ4n) is 4.08. The van der Waals surface area contributed by atoms with Gasteiger partial charge in [-0.1, -0.05) is 13.8 Å². The van der Waals surface area contributed by atoms with Crippen molar-refractivity contribution in [2.75, 3.05) is 39.3 Å². The molecule has 32 heavy (non-hydrogen) atoms. The minimum absolute atomic E-state index is 0.0214. The Morgan fingerprint density at radius 1 is 1.28 bits per heavy atom. The van der Waals surface area contributed by atoms with Crippen LogP contribution in [-0.2, 0) is 4.79 Å². The van der Waals surface area contributed by atoms with Gasteiger partial charge in [0.05, 0.1) is 11.6 Å². The molecule has 0 spiro atoms. The first-order valence-corrected chi connectivity index (χ1v) is 12.5. The first kappa shape index (κ1) is 24.3. The van der Waals surface area contributed by atoms with Crippen LogP contribution in [0, 0.1) is 12.8 Å². The van der Waals surface area contributed by atoms with Gasteiger partial charge in [0, 0.05) is 37.6 Å². The van der Waals surface area contributed by atoms with Gasteiger partial charge in [-0.2, -0.15) is 0 Å². The van der Waals surface area contributed by atoms with Crippen LogP contribution in [-0.4, -0.2) is 70.9 Å². The van der Waals surface area contributed by atoms with Gasteiger partial charge in [0.15, 0.2) is 0 Å². The minimum Gasteiger partial charge on any atom is -0.356 e. The van der Waals surface area contributed by atoms with Crippen LogP contribution in [0.15, 0.2) is 24.5 Å². The Labute approximate surface area is 195 Å². The molecule has 1 atom stereocenters. The van der Waals surface area contributed by atoms with Crippen molar-refractivity contribution in [3.8, 4) is 10.6 Å². The van der Waals surface area contributed by atoms with Crippen LogP contribution in [0.5, 0.6) is 0 Å². The number of aromatic nitrogens is 2. The molecule has 0 aromatic carbocycles. The SMILES string of the molecule is CCN(CC)CCCCNC(=O)C1CCCN(C(=O)c2sc(-c3cccnc3)nc2C)C1. The fraction of sp³-hybridized carbons (Fsp3) is 0.583. The molecule has 1 saturated heterocycles. The van der Waals surface area contributed by atoms with Crippen molar-refractivity contribution in [1.82, 2.24) is 25.1 Å². The number of likely N-dealkylation sites (tertiary alicyclic amines) is 1. The molecule has 0 aliphatic carbocycles. The maximum atomic E-state index is 13.2. The highest BCUT2D eigenvalue weighted by Gasteiger charge is 2.30. The monoisotopic (exact) mass is 457 g/mol. The summed E-state index contributed by atoms with van der Waals surface area (Å²) in [6.45, 7) is 11.3. The van der Waals surface area contributed by atoms with Crippen LogP contribution < -0.4 is 5.32 Å². The summed E-state index contributed by atoms with van der Waals surface area (Å²) in [5.41, 5.74) is 1.65. The van der Waals surface area contributed by atoms with Gasteiger partial charge in [-0.3, -0.25) is 14.6 Å². The summed E-state index contributed by atoms with van der Waals surface area (Å²) >= 11 is 1.40. The van der Waals surface area contributed by atoms with E-state index < -0.39 is 0 Å². The lowest BCUT2D eigenvalue weighted by Gasteiger charge is -2.32. The predicted molar refractivity (Wildman–Crippen MR) is 129 cm³/mol. The van der Waals surface area contributed by atoms with E-state index in [1.165, 1.54) is 11.3 Å². The maximum Gasteiger partial charge on any atom is 0.265 e. The fourth-order valence-corrected chi connectivity index (χ4v) is 5.11. The quantitative estimate of drug-likeness (QED) is 0.552. The van der Waals surface area contributed by atoms with Crippen LogP contribution in [0.1, 0.15) is 54.9 Å². The number of nitrogens with zero attached hydrogens (tertiary/aromatic N) is 4. The molecule has 3 rings (SSSR count). The summed E-state index contributed by atoms with van der Waals surface area (Å²) in [6.07, 6.45) is 7.22. The number of pyridine rings is 1. The third kappa shape index (κ3) is 6.36. The van der Waals surface area contributed by atoms with Crippen LogP contribution in [0.25, 0.3) is 10.6 Å². The highest BCUT2D eigenvalue weighted by Crippen LogP contribution is 2.29. The third-order valence-corrected chi connectivity index (χ3v) is 7.27. The number of carbonyl (C=O) groups excluding carboxylic acids is 2. The Balaban J connectivity index is 1.51. The molecular weight excluding hydrogens is 422 g/mol. The number of hydrogen-bond acceptors (Lipinski definition) is 6. The Hall–Kier alpha value is -2.32. The first-order valence-electron chi connectivity index (χ1n) is 11.7. The van der Waals surface area contributed by atoms with Crippen molar-refractivity contribution >= 4 is 23.2 Å². The molecule has 2 amide bonds. The van der Waals surface area contributed by atoms with Gasteiger partial charge in [0.1, 0.15) is 9.88 Å². The summed E-state index contributed by atoms with van der Waals surface area (Å²) in [4.78, 5) is 39.5. The van der Waals surface area contributed by atoms with E-state index >= 15 is 0 Å². The second-order valence-electron chi connectivity index (χ2n) is 8.29. The molecule has 7 nitrogen and oxygen atoms in total. The van der Waals surface area contributed by atoms with Gasteiger partial charge in [-0.15, -0.1) is 11.3 Å². The van der Waals surface area contributed by atoms with Gasteiger partial charge in [-0.05, 0) is 64.4 Å². The van der Waals surface area contributed by atoms with Crippen molar-refractivity contribution in [2.24, 2.45) is 5.92 Å². The van der Waals surface area contributed by atoms with Gasteiger partial charge in [-0.25, -0.2) is 4.98 Å². The number of rotatable bonds is 10. The highest BCUT2D eigenvalue weighted by molar-refractivity contribution is 7.17. The molecule has 1 N–H and O–H groups in total. The van der Waals surface area contributed by atoms with E-state index in [0.717, 1.165) is 61.6 Å². The standard InChI is InChI=1S/C24H35N5O2S/c1-4-28(5-2)14-7-6-13-26-22(30)20-11-9-15-29(17-20)24(31)21-18(3)27-23(32-21)19-10-8-12-25-16-19/h8,10,12,16,20H,4-7,9,11,13-15,17H2,1-3H3,(H,26,30). The summed E-state index contributed by atoms with van der Waals surface area (Å²) < 4.78 is 0. The van der Waals surface area contributed by atoms with Crippen LogP contribution in [0.3, 0.4) is 0 Å². The van der Waals surface area contributed by atoms with E-state index in [2.05, 4.69) is 34.0 Å². The lowest BCUT2D eigenvalue weighted by molar-refractivity contribution is -0.126. The number of hydrogen-bond donors (Lipinski definition) is 1. The zero-order chi connectivity index (χ0) is 22.9. The molecule has 1 unspecified atom stereocenters. The van der Waals surface area contributed by atoms with Crippen molar-refractivity contribution < 1.29 is 9.59 Å². The van der Waals surface area contributed by atoms with Crippen LogP contribution in [0.2, 0.25) is 0 Å². The Kier molecular flexibility index (Phi) is 9.17. The Morgan fingerprint density at radius 2 is 2.09 bits per heavy atom. The second kappa shape index (κ2) is 12.1. The number of unbranched alkanes of at least 4 members (excludes halogenated alkanes) is 1. The highest BCUT2D eigenvalue weighted by atomic mass is 32.1. The zero-order valence-corrected chi connectivity index (χ0v) is 20.3. The van der Waals surface area contributed by atoms with Gasteiger partial charge in [0.25, 0.3) is 5.91 Å². The zero-order valence-electron chi connectivity index (χ0n) is 19.5. The number of thiazole rings is 1. The third-order valence-electron chi connectivity index (χ3n) is 6.07. The number of amides is 2. The van der Waals surface area contributed by atoms with Crippen molar-refractivity contribution in [1.29, 1.82) is 0 Å². The van der Waals surface area contributed by atoms with E-state index in [1.807, 2.05) is 24.0 Å². The topological polar surface area (TPSA) is 78.4 Å². The van der Waals surface area contributed by atoms with Crippen molar-refractivity contribution in [3.05, 3.63) is 35.1 Å². The summed E-state index contributed by atoms with van der Waals surface area (Å²) in [5.74, 6) is -0.0872. The molecule has 0 radical (unpaired) electrons. The molecule has 1 aliphatic heterocycles. The Morgan fingerprint density at radius 3 is 2.81 bits per heavy atom. The molecule has 2 aromatic rings. The molecule has 2 aromatic heterocycles. The van der Waals surface area contributed by atoms with E-state index in [4.69, 9.17) is 0 Å². The van der Waals surface area contributed by atoms with Gasteiger partial charge in [0.2, 0.25) is 5.91 Å². The Bertz CT molecular complexity index is 882. The van der Waals surface area contributed by atoms with Crippen molar-refractivity contribution in [2.45, 2.75) is 46.5 Å². The van der Waals surface area contributed by atoms with E-state index in [0.29, 0.717) is 24.5 Å². The molecule has 0 bridgehead atoms. The number of piperidine rings is 1. The largest absolute Gasteiger partial charge is 0.356 e. The number of nitrogens with one attached hydrogen (secondary N) is 1. The van der Waals surface area contributed by atoms with E-state index in [1.54, 1.807) is 12.4 Å². The molecular formula is C24H35N5O2S. The predicted octanol–water partition coefficient (Wildman–Crippen LogP) is 3.60. The molecule has 0 saturated carbocycles. The molecule has 8 heteroatoms. The normalized spacial score (nSPS) is 16.4. The molecule has 1 fully saturated rings. The molecule has 174 valence electrons. The second-order valence-corrected chi connectivity index (χ2v) is 9.29. The first-order chi connectivity index (χ1) is 15.5. The lowest BCUT2D eigenvalue weighted by atomic mass is 9.97. The molecule has 3 heterocycles.